The molecular formula is C15H29N3O4. The van der Waals surface area contributed by atoms with Gasteiger partial charge in [-0.1, -0.05) is 0 Å². The summed E-state index contributed by atoms with van der Waals surface area (Å²) < 4.78 is 10.4. The highest BCUT2D eigenvalue weighted by Crippen LogP contribution is 2.16. The summed E-state index contributed by atoms with van der Waals surface area (Å²) in [6.45, 7) is 8.15. The smallest absolute Gasteiger partial charge is 0.407 e. The van der Waals surface area contributed by atoms with Gasteiger partial charge in [0.15, 0.2) is 0 Å². The van der Waals surface area contributed by atoms with E-state index < -0.39 is 11.7 Å². The lowest BCUT2D eigenvalue weighted by Crippen LogP contribution is -2.45. The van der Waals surface area contributed by atoms with Crippen LogP contribution in [0.4, 0.5) is 4.79 Å². The molecule has 0 aromatic carbocycles. The molecule has 22 heavy (non-hydrogen) atoms. The molecule has 0 aliphatic carbocycles. The Morgan fingerprint density at radius 1 is 1.41 bits per heavy atom. The Morgan fingerprint density at radius 3 is 2.59 bits per heavy atom. The zero-order valence-electron chi connectivity index (χ0n) is 14.1. The molecule has 1 rings (SSSR count). The van der Waals surface area contributed by atoms with Crippen molar-refractivity contribution in [1.29, 1.82) is 0 Å². The number of ether oxygens (including phenoxy) is 2. The number of rotatable bonds is 7. The summed E-state index contributed by atoms with van der Waals surface area (Å²) in [6, 6.07) is -0.0820. The van der Waals surface area contributed by atoms with Gasteiger partial charge in [-0.05, 0) is 40.2 Å². The average molecular weight is 315 g/mol. The minimum Gasteiger partial charge on any atom is -0.444 e. The number of hydrogen-bond donors (Lipinski definition) is 2. The molecule has 0 aromatic heterocycles. The van der Waals surface area contributed by atoms with Crippen LogP contribution in [0.5, 0.6) is 0 Å². The van der Waals surface area contributed by atoms with Crippen molar-refractivity contribution >= 4 is 12.0 Å². The molecule has 0 bridgehead atoms. The van der Waals surface area contributed by atoms with Crippen molar-refractivity contribution in [1.82, 2.24) is 10.2 Å². The van der Waals surface area contributed by atoms with Crippen LogP contribution in [0.2, 0.25) is 0 Å². The Morgan fingerprint density at radius 2 is 2.09 bits per heavy atom. The standard InChI is InChI=1S/C15H29N3O4/c1-15(2,3)22-14(20)17-12(6-8-21-4)10-18-7-5-11(9-18)13(16)19/h11-12H,5-10H2,1-4H3,(H2,16,19)(H,17,20). The zero-order chi connectivity index (χ0) is 16.8. The van der Waals surface area contributed by atoms with E-state index in [0.29, 0.717) is 26.1 Å². The predicted molar refractivity (Wildman–Crippen MR) is 83.4 cm³/mol. The van der Waals surface area contributed by atoms with Crippen molar-refractivity contribution in [2.24, 2.45) is 11.7 Å². The molecule has 1 heterocycles. The highest BCUT2D eigenvalue weighted by atomic mass is 16.6. The molecule has 7 heteroatoms. The third-order valence-electron chi connectivity index (χ3n) is 3.54. The van der Waals surface area contributed by atoms with Crippen LogP contribution in [0.3, 0.4) is 0 Å². The molecule has 128 valence electrons. The lowest BCUT2D eigenvalue weighted by atomic mass is 10.1. The van der Waals surface area contributed by atoms with Gasteiger partial charge in [-0.2, -0.15) is 0 Å². The molecule has 0 saturated carbocycles. The lowest BCUT2D eigenvalue weighted by molar-refractivity contribution is -0.121. The molecule has 0 spiro atoms. The maximum atomic E-state index is 11.9. The van der Waals surface area contributed by atoms with Crippen molar-refractivity contribution in [3.05, 3.63) is 0 Å². The molecule has 0 radical (unpaired) electrons. The Kier molecular flexibility index (Phi) is 7.09. The molecule has 0 aromatic rings. The summed E-state index contributed by atoms with van der Waals surface area (Å²) in [5, 5.41) is 2.88. The van der Waals surface area contributed by atoms with Crippen LogP contribution in [-0.2, 0) is 14.3 Å². The van der Waals surface area contributed by atoms with Gasteiger partial charge in [0.25, 0.3) is 0 Å². The molecule has 1 aliphatic rings. The monoisotopic (exact) mass is 315 g/mol. The van der Waals surface area contributed by atoms with Gasteiger partial charge in [0.2, 0.25) is 5.91 Å². The second kappa shape index (κ2) is 8.33. The number of alkyl carbamates (subject to hydrolysis) is 1. The van der Waals surface area contributed by atoms with E-state index in [0.717, 1.165) is 13.0 Å². The Bertz CT molecular complexity index is 381. The van der Waals surface area contributed by atoms with Crippen LogP contribution in [-0.4, -0.2) is 61.9 Å². The van der Waals surface area contributed by atoms with E-state index in [9.17, 15) is 9.59 Å². The van der Waals surface area contributed by atoms with Crippen LogP contribution in [0.25, 0.3) is 0 Å². The molecule has 3 N–H and O–H groups in total. The summed E-state index contributed by atoms with van der Waals surface area (Å²) in [5.74, 6) is -0.347. The van der Waals surface area contributed by atoms with Crippen molar-refractivity contribution in [2.45, 2.75) is 45.3 Å². The molecule has 2 amide bonds. The Balaban J connectivity index is 2.50. The van der Waals surface area contributed by atoms with Gasteiger partial charge in [-0.15, -0.1) is 0 Å². The topological polar surface area (TPSA) is 93.9 Å². The van der Waals surface area contributed by atoms with Gasteiger partial charge in [-0.25, -0.2) is 4.79 Å². The molecule has 1 aliphatic heterocycles. The van der Waals surface area contributed by atoms with Gasteiger partial charge in [-0.3, -0.25) is 4.79 Å². The fraction of sp³-hybridized carbons (Fsp3) is 0.867. The van der Waals surface area contributed by atoms with E-state index in [4.69, 9.17) is 15.2 Å². The number of nitrogens with two attached hydrogens (primary N) is 1. The van der Waals surface area contributed by atoms with Crippen LogP contribution in [0.15, 0.2) is 0 Å². The second-order valence-electron chi connectivity index (χ2n) is 6.77. The fourth-order valence-electron chi connectivity index (χ4n) is 2.49. The normalized spacial score (nSPS) is 20.6. The first-order chi connectivity index (χ1) is 10.2. The first-order valence-corrected chi connectivity index (χ1v) is 7.71. The minimum absolute atomic E-state index is 0.0820. The summed E-state index contributed by atoms with van der Waals surface area (Å²) in [7, 11) is 1.63. The highest BCUT2D eigenvalue weighted by Gasteiger charge is 2.29. The van der Waals surface area contributed by atoms with Gasteiger partial charge in [0, 0.05) is 32.8 Å². The van der Waals surface area contributed by atoms with Gasteiger partial charge >= 0.3 is 6.09 Å². The van der Waals surface area contributed by atoms with E-state index in [1.807, 2.05) is 20.8 Å². The Labute approximate surface area is 132 Å². The molecule has 2 unspecified atom stereocenters. The number of likely N-dealkylation sites (tertiary alicyclic amines) is 1. The first kappa shape index (κ1) is 18.7. The summed E-state index contributed by atoms with van der Waals surface area (Å²) in [5.41, 5.74) is 4.82. The maximum Gasteiger partial charge on any atom is 0.407 e. The van der Waals surface area contributed by atoms with E-state index in [-0.39, 0.29) is 17.9 Å². The summed E-state index contributed by atoms with van der Waals surface area (Å²) >= 11 is 0. The number of carbonyl (C=O) groups is 2. The van der Waals surface area contributed by atoms with Crippen molar-refractivity contribution < 1.29 is 19.1 Å². The fourth-order valence-corrected chi connectivity index (χ4v) is 2.49. The van der Waals surface area contributed by atoms with Crippen LogP contribution in [0, 0.1) is 5.92 Å². The molecular weight excluding hydrogens is 286 g/mol. The Hall–Kier alpha value is -1.34. The first-order valence-electron chi connectivity index (χ1n) is 7.71. The van der Waals surface area contributed by atoms with E-state index >= 15 is 0 Å². The van der Waals surface area contributed by atoms with Crippen LogP contribution >= 0.6 is 0 Å². The van der Waals surface area contributed by atoms with Crippen LogP contribution in [0.1, 0.15) is 33.6 Å². The zero-order valence-corrected chi connectivity index (χ0v) is 14.1. The van der Waals surface area contributed by atoms with E-state index in [1.165, 1.54) is 0 Å². The number of methoxy groups -OCH3 is 1. The number of carbonyl (C=O) groups excluding carboxylic acids is 2. The molecule has 1 saturated heterocycles. The van der Waals surface area contributed by atoms with Crippen LogP contribution < -0.4 is 11.1 Å². The molecule has 7 nitrogen and oxygen atoms in total. The largest absolute Gasteiger partial charge is 0.444 e. The number of hydrogen-bond acceptors (Lipinski definition) is 5. The van der Waals surface area contributed by atoms with E-state index in [1.54, 1.807) is 7.11 Å². The van der Waals surface area contributed by atoms with Gasteiger partial charge < -0.3 is 25.4 Å². The third kappa shape index (κ3) is 7.09. The predicted octanol–water partition coefficient (Wildman–Crippen LogP) is 0.723. The third-order valence-corrected chi connectivity index (χ3v) is 3.54. The second-order valence-corrected chi connectivity index (χ2v) is 6.77. The summed E-state index contributed by atoms with van der Waals surface area (Å²) in [6.07, 6.45) is 1.03. The van der Waals surface area contributed by atoms with Crippen molar-refractivity contribution in [2.75, 3.05) is 33.4 Å². The number of nitrogens with one attached hydrogen (secondary N) is 1. The van der Waals surface area contributed by atoms with Crippen molar-refractivity contribution in [3.63, 3.8) is 0 Å². The SMILES string of the molecule is COCCC(CN1CCC(C(N)=O)C1)NC(=O)OC(C)(C)C. The lowest BCUT2D eigenvalue weighted by Gasteiger charge is -2.26. The summed E-state index contributed by atoms with van der Waals surface area (Å²) in [4.78, 5) is 25.3. The number of nitrogens with zero attached hydrogens (tertiary/aromatic N) is 1. The van der Waals surface area contributed by atoms with Gasteiger partial charge in [0.05, 0.1) is 5.92 Å². The van der Waals surface area contributed by atoms with E-state index in [2.05, 4.69) is 10.2 Å². The number of amides is 2. The average Bonchev–Trinajstić information content (AvgIpc) is 2.82. The number of primary amides is 1. The van der Waals surface area contributed by atoms with Crippen molar-refractivity contribution in [3.8, 4) is 0 Å². The highest BCUT2D eigenvalue weighted by molar-refractivity contribution is 5.77. The molecule has 2 atom stereocenters. The quantitative estimate of drug-likeness (QED) is 0.722. The minimum atomic E-state index is -0.527. The molecule has 1 fully saturated rings. The van der Waals surface area contributed by atoms with Gasteiger partial charge in [0.1, 0.15) is 5.60 Å². The maximum absolute atomic E-state index is 11.9.